The molecule has 0 aliphatic rings. The molecule has 0 radical (unpaired) electrons. The van der Waals surface area contributed by atoms with Crippen molar-refractivity contribution in [3.8, 4) is 11.5 Å². The molecule has 0 saturated carbocycles. The molecule has 21 heavy (non-hydrogen) atoms. The van der Waals surface area contributed by atoms with E-state index in [2.05, 4.69) is 10.1 Å². The molecule has 2 N–H and O–H groups in total. The number of benzene rings is 1. The monoisotopic (exact) mass is 285 g/mol. The van der Waals surface area contributed by atoms with Crippen LogP contribution < -0.4 is 10.3 Å². The Labute approximate surface area is 120 Å². The lowest BCUT2D eigenvalue weighted by molar-refractivity contribution is 0.414. The second-order valence-electron chi connectivity index (χ2n) is 4.83. The van der Waals surface area contributed by atoms with Crippen LogP contribution >= 0.6 is 0 Å². The van der Waals surface area contributed by atoms with Crippen LogP contribution in [0.4, 0.5) is 0 Å². The maximum atomic E-state index is 11.5. The van der Waals surface area contributed by atoms with Crippen molar-refractivity contribution in [2.45, 2.75) is 13.5 Å². The summed E-state index contributed by atoms with van der Waals surface area (Å²) in [5.41, 5.74) is 1.86. The van der Waals surface area contributed by atoms with Gasteiger partial charge in [0.2, 0.25) is 0 Å². The molecule has 0 bridgehead atoms. The molecular weight excluding hydrogens is 270 g/mol. The summed E-state index contributed by atoms with van der Waals surface area (Å²) in [7, 11) is 1.62. The van der Waals surface area contributed by atoms with Gasteiger partial charge < -0.3 is 14.8 Å². The van der Waals surface area contributed by atoms with Crippen LogP contribution in [-0.4, -0.2) is 27.0 Å². The molecule has 108 valence electrons. The predicted molar refractivity (Wildman–Crippen MR) is 78.9 cm³/mol. The molecule has 1 aromatic carbocycles. The molecule has 0 aliphatic heterocycles. The number of aromatic nitrogens is 3. The van der Waals surface area contributed by atoms with E-state index >= 15 is 0 Å². The molecule has 0 atom stereocenters. The Balaban J connectivity index is 2.06. The summed E-state index contributed by atoms with van der Waals surface area (Å²) in [5.74, 6) is 0.735. The van der Waals surface area contributed by atoms with Crippen LogP contribution in [0.3, 0.4) is 0 Å². The van der Waals surface area contributed by atoms with Crippen molar-refractivity contribution in [2.24, 2.45) is 0 Å². The Morgan fingerprint density at radius 3 is 2.71 bits per heavy atom. The Hall–Kier alpha value is -2.76. The van der Waals surface area contributed by atoms with Crippen molar-refractivity contribution >= 4 is 11.0 Å². The Morgan fingerprint density at radius 1 is 1.33 bits per heavy atom. The van der Waals surface area contributed by atoms with E-state index < -0.39 is 0 Å². The highest BCUT2D eigenvalue weighted by Gasteiger charge is 2.13. The molecule has 2 heterocycles. The number of pyridine rings is 1. The van der Waals surface area contributed by atoms with Gasteiger partial charge in [0.1, 0.15) is 17.1 Å². The highest BCUT2D eigenvalue weighted by Crippen LogP contribution is 2.24. The summed E-state index contributed by atoms with van der Waals surface area (Å²) in [6.45, 7) is 2.29. The number of ether oxygens (including phenoxy) is 1. The maximum absolute atomic E-state index is 11.5. The van der Waals surface area contributed by atoms with Crippen LogP contribution in [0.15, 0.2) is 35.1 Å². The second-order valence-corrected chi connectivity index (χ2v) is 4.83. The molecule has 3 rings (SSSR count). The lowest BCUT2D eigenvalue weighted by atomic mass is 10.2. The van der Waals surface area contributed by atoms with Crippen LogP contribution in [0.5, 0.6) is 11.5 Å². The molecule has 0 amide bonds. The third-order valence-electron chi connectivity index (χ3n) is 3.38. The Morgan fingerprint density at radius 2 is 2.05 bits per heavy atom. The summed E-state index contributed by atoms with van der Waals surface area (Å²) in [6, 6.07) is 8.77. The summed E-state index contributed by atoms with van der Waals surface area (Å²) in [4.78, 5) is 14.3. The number of methoxy groups -OCH3 is 1. The van der Waals surface area contributed by atoms with E-state index in [1.165, 1.54) is 0 Å². The molecule has 0 saturated heterocycles. The van der Waals surface area contributed by atoms with Crippen molar-refractivity contribution in [1.29, 1.82) is 0 Å². The van der Waals surface area contributed by atoms with Crippen molar-refractivity contribution in [3.63, 3.8) is 0 Å². The molecule has 0 spiro atoms. The first kappa shape index (κ1) is 13.2. The number of fused-ring (bicyclic) bond motifs is 1. The topological polar surface area (TPSA) is 80.1 Å². The molecule has 3 aromatic rings. The summed E-state index contributed by atoms with van der Waals surface area (Å²) in [6.07, 6.45) is 0. The zero-order valence-electron chi connectivity index (χ0n) is 11.8. The number of hydrogen-bond acceptors (Lipinski definition) is 4. The molecule has 2 aromatic heterocycles. The van der Waals surface area contributed by atoms with E-state index in [9.17, 15) is 9.90 Å². The van der Waals surface area contributed by atoms with Gasteiger partial charge in [0, 0.05) is 6.07 Å². The zero-order valence-corrected chi connectivity index (χ0v) is 11.8. The van der Waals surface area contributed by atoms with Crippen molar-refractivity contribution in [2.75, 3.05) is 7.11 Å². The first-order valence-electron chi connectivity index (χ1n) is 6.51. The number of aromatic hydroxyl groups is 1. The smallest absolute Gasteiger partial charge is 0.253 e. The standard InChI is InChI=1S/C15H15N3O3/c1-9-14-12(19)7-13(20)16-15(14)18(17-9)8-10-3-5-11(21-2)6-4-10/h3-7H,8H2,1-2H3,(H2,16,19,20). The minimum absolute atomic E-state index is 0.0489. The van der Waals surface area contributed by atoms with Gasteiger partial charge in [-0.15, -0.1) is 0 Å². The SMILES string of the molecule is COc1ccc(Cn2nc(C)c3c(O)cc(=O)[nH]c32)cc1. The van der Waals surface area contributed by atoms with E-state index in [0.29, 0.717) is 23.3 Å². The van der Waals surface area contributed by atoms with Gasteiger partial charge in [0.25, 0.3) is 5.56 Å². The molecular formula is C15H15N3O3. The number of hydrogen-bond donors (Lipinski definition) is 2. The minimum atomic E-state index is -0.351. The number of rotatable bonds is 3. The van der Waals surface area contributed by atoms with Crippen LogP contribution in [0.1, 0.15) is 11.3 Å². The molecule has 0 aliphatic carbocycles. The Bertz CT molecular complexity index is 847. The number of nitrogens with one attached hydrogen (secondary N) is 1. The zero-order chi connectivity index (χ0) is 15.0. The average Bonchev–Trinajstić information content (AvgIpc) is 2.76. The second kappa shape index (κ2) is 4.97. The third-order valence-corrected chi connectivity index (χ3v) is 3.38. The third kappa shape index (κ3) is 2.35. The molecule has 6 nitrogen and oxygen atoms in total. The highest BCUT2D eigenvalue weighted by molar-refractivity contribution is 5.84. The van der Waals surface area contributed by atoms with Gasteiger partial charge in [-0.2, -0.15) is 5.10 Å². The van der Waals surface area contributed by atoms with Gasteiger partial charge in [-0.05, 0) is 24.6 Å². The minimum Gasteiger partial charge on any atom is -0.507 e. The average molecular weight is 285 g/mol. The van der Waals surface area contributed by atoms with E-state index in [-0.39, 0.29) is 11.3 Å². The van der Waals surface area contributed by atoms with E-state index in [1.807, 2.05) is 24.3 Å². The summed E-state index contributed by atoms with van der Waals surface area (Å²) < 4.78 is 6.80. The maximum Gasteiger partial charge on any atom is 0.253 e. The quantitative estimate of drug-likeness (QED) is 0.769. The van der Waals surface area contributed by atoms with Gasteiger partial charge in [0.05, 0.1) is 24.7 Å². The predicted octanol–water partition coefficient (Wildman–Crippen LogP) is 1.80. The molecule has 0 unspecified atom stereocenters. The number of nitrogens with zero attached hydrogens (tertiary/aromatic N) is 2. The Kier molecular flexibility index (Phi) is 3.13. The largest absolute Gasteiger partial charge is 0.507 e. The van der Waals surface area contributed by atoms with Crippen LogP contribution in [0, 0.1) is 6.92 Å². The van der Waals surface area contributed by atoms with Crippen molar-refractivity contribution in [1.82, 2.24) is 14.8 Å². The van der Waals surface area contributed by atoms with Crippen molar-refractivity contribution in [3.05, 3.63) is 51.9 Å². The van der Waals surface area contributed by atoms with Crippen molar-refractivity contribution < 1.29 is 9.84 Å². The van der Waals surface area contributed by atoms with E-state index in [4.69, 9.17) is 4.74 Å². The summed E-state index contributed by atoms with van der Waals surface area (Å²) in [5, 5.41) is 14.8. The van der Waals surface area contributed by atoms with Crippen LogP contribution in [0.2, 0.25) is 0 Å². The molecule has 6 heteroatoms. The van der Waals surface area contributed by atoms with Gasteiger partial charge in [-0.25, -0.2) is 4.68 Å². The lowest BCUT2D eigenvalue weighted by Crippen LogP contribution is -2.08. The fraction of sp³-hybridized carbons (Fsp3) is 0.200. The van der Waals surface area contributed by atoms with Crippen LogP contribution in [-0.2, 0) is 6.54 Å². The van der Waals surface area contributed by atoms with Gasteiger partial charge in [0.15, 0.2) is 0 Å². The van der Waals surface area contributed by atoms with Gasteiger partial charge >= 0.3 is 0 Å². The van der Waals surface area contributed by atoms with E-state index in [0.717, 1.165) is 17.4 Å². The number of aryl methyl sites for hydroxylation is 1. The first-order valence-corrected chi connectivity index (χ1v) is 6.51. The normalized spacial score (nSPS) is 11.0. The van der Waals surface area contributed by atoms with E-state index in [1.54, 1.807) is 18.7 Å². The number of H-pyrrole nitrogens is 1. The fourth-order valence-electron chi connectivity index (χ4n) is 2.38. The lowest BCUT2D eigenvalue weighted by Gasteiger charge is -2.05. The van der Waals surface area contributed by atoms with Gasteiger partial charge in [-0.1, -0.05) is 12.1 Å². The van der Waals surface area contributed by atoms with Gasteiger partial charge in [-0.3, -0.25) is 4.79 Å². The number of aromatic amines is 1. The molecule has 0 fully saturated rings. The fourth-order valence-corrected chi connectivity index (χ4v) is 2.38. The first-order chi connectivity index (χ1) is 10.1. The van der Waals surface area contributed by atoms with Crippen LogP contribution in [0.25, 0.3) is 11.0 Å². The highest BCUT2D eigenvalue weighted by atomic mass is 16.5. The summed E-state index contributed by atoms with van der Waals surface area (Å²) >= 11 is 0.